The predicted molar refractivity (Wildman–Crippen MR) is 77.6 cm³/mol. The molecule has 1 aromatic rings. The van der Waals surface area contributed by atoms with Crippen molar-refractivity contribution in [2.75, 3.05) is 14.2 Å². The van der Waals surface area contributed by atoms with E-state index in [2.05, 4.69) is 4.99 Å². The van der Waals surface area contributed by atoms with Gasteiger partial charge in [-0.3, -0.25) is 0 Å². The van der Waals surface area contributed by atoms with Gasteiger partial charge < -0.3 is 9.47 Å². The largest absolute Gasteiger partial charge is 0.493 e. The number of aliphatic imine (C=N–C) groups is 1. The maximum absolute atomic E-state index is 10.8. The number of halogens is 1. The average molecular weight is 296 g/mol. The third-order valence-corrected chi connectivity index (χ3v) is 4.41. The van der Waals surface area contributed by atoms with Gasteiger partial charge in [0.25, 0.3) is 0 Å². The minimum atomic E-state index is -0.490. The van der Waals surface area contributed by atoms with Gasteiger partial charge >= 0.3 is 0 Å². The molecule has 4 nitrogen and oxygen atoms in total. The summed E-state index contributed by atoms with van der Waals surface area (Å²) in [6.45, 7) is 2.02. The van der Waals surface area contributed by atoms with Crippen LogP contribution in [-0.4, -0.2) is 20.3 Å². The monoisotopic (exact) mass is 295 g/mol. The van der Waals surface area contributed by atoms with Crippen LogP contribution >= 0.6 is 11.6 Å². The summed E-state index contributed by atoms with van der Waals surface area (Å²) >= 11 is 6.44. The normalized spacial score (nSPS) is 16.0. The lowest BCUT2D eigenvalue weighted by molar-refractivity contribution is 0.252. The van der Waals surface area contributed by atoms with Gasteiger partial charge in [0.05, 0.1) is 24.8 Å². The zero-order chi connectivity index (χ0) is 14.8. The Morgan fingerprint density at radius 3 is 2.50 bits per heavy atom. The molecule has 108 valence electrons. The Bertz CT molecular complexity index is 561. The van der Waals surface area contributed by atoms with Crippen molar-refractivity contribution in [3.05, 3.63) is 22.2 Å². The van der Waals surface area contributed by atoms with Gasteiger partial charge in [0.2, 0.25) is 6.08 Å². The fourth-order valence-electron chi connectivity index (χ4n) is 2.79. The summed E-state index contributed by atoms with van der Waals surface area (Å²) < 4.78 is 10.7. The number of carbonyl (C=O) groups excluding carboxylic acids is 1. The van der Waals surface area contributed by atoms with Crippen LogP contribution in [0.3, 0.4) is 0 Å². The first-order valence-electron chi connectivity index (χ1n) is 6.66. The maximum Gasteiger partial charge on any atom is 0.235 e. The van der Waals surface area contributed by atoms with E-state index < -0.39 is 5.54 Å². The van der Waals surface area contributed by atoms with Crippen molar-refractivity contribution in [2.45, 2.75) is 38.1 Å². The highest BCUT2D eigenvalue weighted by Crippen LogP contribution is 2.51. The lowest BCUT2D eigenvalue weighted by atomic mass is 9.70. The molecule has 1 saturated carbocycles. The number of nitrogens with zero attached hydrogens (tertiary/aromatic N) is 1. The molecule has 0 radical (unpaired) electrons. The second kappa shape index (κ2) is 5.86. The Morgan fingerprint density at radius 1 is 1.40 bits per heavy atom. The Balaban J connectivity index is 2.69. The highest BCUT2D eigenvalue weighted by Gasteiger charge is 2.41. The molecule has 0 bridgehead atoms. The summed E-state index contributed by atoms with van der Waals surface area (Å²) in [7, 11) is 3.13. The first-order chi connectivity index (χ1) is 9.63. The molecule has 1 fully saturated rings. The number of benzene rings is 1. The fourth-order valence-corrected chi connectivity index (χ4v) is 3.20. The zero-order valence-electron chi connectivity index (χ0n) is 12.0. The van der Waals surface area contributed by atoms with E-state index in [1.807, 2.05) is 13.0 Å². The van der Waals surface area contributed by atoms with Crippen molar-refractivity contribution < 1.29 is 14.3 Å². The third-order valence-electron chi connectivity index (χ3n) is 4.01. The molecule has 0 spiro atoms. The second-order valence-electron chi connectivity index (χ2n) is 4.89. The van der Waals surface area contributed by atoms with Gasteiger partial charge in [-0.05, 0) is 42.9 Å². The number of ether oxygens (including phenoxy) is 2. The van der Waals surface area contributed by atoms with Crippen LogP contribution in [0, 0.1) is 0 Å². The molecule has 0 unspecified atom stereocenters. The molecule has 0 N–H and O–H groups in total. The van der Waals surface area contributed by atoms with Crippen molar-refractivity contribution in [2.24, 2.45) is 4.99 Å². The highest BCUT2D eigenvalue weighted by atomic mass is 35.5. The lowest BCUT2D eigenvalue weighted by Crippen LogP contribution is -2.33. The van der Waals surface area contributed by atoms with Gasteiger partial charge in [0, 0.05) is 0 Å². The molecule has 0 aliphatic heterocycles. The maximum atomic E-state index is 10.8. The predicted octanol–water partition coefficient (Wildman–Crippen LogP) is 3.63. The summed E-state index contributed by atoms with van der Waals surface area (Å²) in [4.78, 5) is 14.8. The summed E-state index contributed by atoms with van der Waals surface area (Å²) in [6, 6.07) is 1.89. The minimum absolute atomic E-state index is 0.490. The van der Waals surface area contributed by atoms with Gasteiger partial charge in [0.1, 0.15) is 0 Å². The number of isocyanates is 1. The first kappa shape index (κ1) is 14.9. The van der Waals surface area contributed by atoms with E-state index in [-0.39, 0.29) is 0 Å². The molecule has 0 atom stereocenters. The van der Waals surface area contributed by atoms with Crippen LogP contribution in [0.15, 0.2) is 11.1 Å². The van der Waals surface area contributed by atoms with Crippen molar-refractivity contribution in [3.63, 3.8) is 0 Å². The fraction of sp³-hybridized carbons (Fsp3) is 0.533. The average Bonchev–Trinajstić information content (AvgIpc) is 2.41. The van der Waals surface area contributed by atoms with Crippen LogP contribution in [-0.2, 0) is 16.8 Å². The van der Waals surface area contributed by atoms with Crippen LogP contribution in [0.1, 0.15) is 37.3 Å². The SMILES string of the molecule is CCc1c(C2(N=C=O)CCC2)cc(OC)c(OC)c1Cl. The van der Waals surface area contributed by atoms with Crippen molar-refractivity contribution in [1.29, 1.82) is 0 Å². The number of methoxy groups -OCH3 is 2. The molecule has 5 heteroatoms. The molecule has 20 heavy (non-hydrogen) atoms. The van der Waals surface area contributed by atoms with E-state index in [0.717, 1.165) is 36.8 Å². The van der Waals surface area contributed by atoms with Crippen LogP contribution in [0.2, 0.25) is 5.02 Å². The third kappa shape index (κ3) is 2.19. The Labute approximate surface area is 123 Å². The summed E-state index contributed by atoms with van der Waals surface area (Å²) in [5.74, 6) is 1.09. The number of rotatable bonds is 5. The van der Waals surface area contributed by atoms with Gasteiger partial charge in [-0.25, -0.2) is 4.79 Å². The summed E-state index contributed by atoms with van der Waals surface area (Å²) in [5, 5.41) is 0.539. The van der Waals surface area contributed by atoms with Gasteiger partial charge in [-0.15, -0.1) is 0 Å². The van der Waals surface area contributed by atoms with Crippen LogP contribution in [0.25, 0.3) is 0 Å². The summed E-state index contributed by atoms with van der Waals surface area (Å²) in [6.07, 6.45) is 5.16. The zero-order valence-corrected chi connectivity index (χ0v) is 12.7. The Morgan fingerprint density at radius 2 is 2.10 bits per heavy atom. The second-order valence-corrected chi connectivity index (χ2v) is 5.27. The van der Waals surface area contributed by atoms with E-state index in [4.69, 9.17) is 21.1 Å². The first-order valence-corrected chi connectivity index (χ1v) is 7.04. The van der Waals surface area contributed by atoms with Crippen LogP contribution in [0.4, 0.5) is 0 Å². The van der Waals surface area contributed by atoms with Crippen molar-refractivity contribution in [3.8, 4) is 11.5 Å². The van der Waals surface area contributed by atoms with E-state index in [0.29, 0.717) is 16.5 Å². The minimum Gasteiger partial charge on any atom is -0.493 e. The molecular weight excluding hydrogens is 278 g/mol. The molecule has 0 saturated heterocycles. The molecule has 1 aromatic carbocycles. The lowest BCUT2D eigenvalue weighted by Gasteiger charge is -2.39. The standard InChI is InChI=1S/C15H18ClNO3/c1-4-10-11(15(17-9-18)6-5-7-15)8-12(19-2)14(20-3)13(10)16/h8H,4-7H2,1-3H3. The van der Waals surface area contributed by atoms with Gasteiger partial charge in [-0.2, -0.15) is 4.99 Å². The molecule has 1 aliphatic rings. The summed E-state index contributed by atoms with van der Waals surface area (Å²) in [5.41, 5.74) is 1.43. The van der Waals surface area contributed by atoms with Crippen molar-refractivity contribution >= 4 is 17.7 Å². The van der Waals surface area contributed by atoms with Crippen molar-refractivity contribution in [1.82, 2.24) is 0 Å². The Kier molecular flexibility index (Phi) is 4.36. The molecule has 0 heterocycles. The number of hydrogen-bond acceptors (Lipinski definition) is 4. The van der Waals surface area contributed by atoms with E-state index in [1.54, 1.807) is 20.3 Å². The van der Waals surface area contributed by atoms with Gasteiger partial charge in [-0.1, -0.05) is 18.5 Å². The van der Waals surface area contributed by atoms with E-state index >= 15 is 0 Å². The topological polar surface area (TPSA) is 47.9 Å². The van der Waals surface area contributed by atoms with E-state index in [9.17, 15) is 4.79 Å². The van der Waals surface area contributed by atoms with Crippen LogP contribution in [0.5, 0.6) is 11.5 Å². The number of hydrogen-bond donors (Lipinski definition) is 0. The molecule has 1 aliphatic carbocycles. The smallest absolute Gasteiger partial charge is 0.235 e. The molecule has 0 amide bonds. The molecular formula is C15H18ClNO3. The van der Waals surface area contributed by atoms with Gasteiger partial charge in [0.15, 0.2) is 11.5 Å². The molecule has 2 rings (SSSR count). The molecule has 0 aromatic heterocycles. The van der Waals surface area contributed by atoms with Crippen LogP contribution < -0.4 is 9.47 Å². The highest BCUT2D eigenvalue weighted by molar-refractivity contribution is 6.33. The van der Waals surface area contributed by atoms with E-state index in [1.165, 1.54) is 0 Å². The Hall–Kier alpha value is -1.51. The quantitative estimate of drug-likeness (QED) is 0.615.